The number of nitrogens with one attached hydrogen (secondary N) is 1. The summed E-state index contributed by atoms with van der Waals surface area (Å²) in [6, 6.07) is 3.07. The monoisotopic (exact) mass is 445 g/mol. The summed E-state index contributed by atoms with van der Waals surface area (Å²) in [7, 11) is 1.43. The van der Waals surface area contributed by atoms with Gasteiger partial charge in [0.25, 0.3) is 5.56 Å². The third-order valence-corrected chi connectivity index (χ3v) is 7.59. The molecule has 0 aliphatic heterocycles. The Morgan fingerprint density at radius 3 is 2.81 bits per heavy atom. The molecule has 1 fully saturated rings. The van der Waals surface area contributed by atoms with Gasteiger partial charge in [-0.1, -0.05) is 0 Å². The Labute approximate surface area is 181 Å². The van der Waals surface area contributed by atoms with E-state index in [0.29, 0.717) is 10.4 Å². The van der Waals surface area contributed by atoms with Gasteiger partial charge >= 0.3 is 5.69 Å². The molecular weight excluding hydrogens is 421 g/mol. The van der Waals surface area contributed by atoms with Crippen molar-refractivity contribution in [2.24, 2.45) is 5.73 Å². The quantitative estimate of drug-likeness (QED) is 0.559. The van der Waals surface area contributed by atoms with Crippen molar-refractivity contribution in [1.82, 2.24) is 9.55 Å². The zero-order valence-corrected chi connectivity index (χ0v) is 17.9. The zero-order valence-electron chi connectivity index (χ0n) is 17.1. The van der Waals surface area contributed by atoms with Crippen LogP contribution in [0.5, 0.6) is 5.75 Å². The SMILES string of the molecule is COc1c(-c2cc3c(s2)CCCC3C(O)CN)c(F)cc2c(=O)[nH]c(=O)n(C3CC3)c12. The summed E-state index contributed by atoms with van der Waals surface area (Å²) in [5, 5.41) is 10.5. The Bertz CT molecular complexity index is 1290. The van der Waals surface area contributed by atoms with Gasteiger partial charge in [-0.2, -0.15) is 0 Å². The number of aryl methyl sites for hydroxylation is 1. The smallest absolute Gasteiger partial charge is 0.329 e. The normalized spacial score (nSPS) is 19.4. The summed E-state index contributed by atoms with van der Waals surface area (Å²) < 4.78 is 22.5. The molecular formula is C22H24FN3O4S. The van der Waals surface area contributed by atoms with Crippen LogP contribution in [0.1, 0.15) is 48.1 Å². The number of aliphatic hydroxyl groups excluding tert-OH is 1. The molecule has 1 aromatic carbocycles. The number of aromatic nitrogens is 2. The predicted molar refractivity (Wildman–Crippen MR) is 118 cm³/mol. The average Bonchev–Trinajstić information content (AvgIpc) is 3.49. The molecule has 3 aromatic rings. The van der Waals surface area contributed by atoms with E-state index in [4.69, 9.17) is 10.5 Å². The third-order valence-electron chi connectivity index (χ3n) is 6.36. The number of aliphatic hydroxyl groups is 1. The average molecular weight is 446 g/mol. The molecule has 0 spiro atoms. The highest BCUT2D eigenvalue weighted by molar-refractivity contribution is 7.15. The first-order valence-corrected chi connectivity index (χ1v) is 11.3. The van der Waals surface area contributed by atoms with Crippen LogP contribution in [0.4, 0.5) is 4.39 Å². The molecule has 2 unspecified atom stereocenters. The molecule has 4 N–H and O–H groups in total. The summed E-state index contributed by atoms with van der Waals surface area (Å²) in [6.07, 6.45) is 3.62. The molecule has 0 amide bonds. The second kappa shape index (κ2) is 7.58. The number of benzene rings is 1. The summed E-state index contributed by atoms with van der Waals surface area (Å²) in [6.45, 7) is 0.166. The predicted octanol–water partition coefficient (Wildman–Crippen LogP) is 2.64. The lowest BCUT2D eigenvalue weighted by molar-refractivity contribution is 0.142. The molecule has 31 heavy (non-hydrogen) atoms. The molecule has 2 heterocycles. The van der Waals surface area contributed by atoms with Gasteiger partial charge in [-0.3, -0.25) is 14.3 Å². The van der Waals surface area contributed by atoms with Crippen LogP contribution in [-0.4, -0.2) is 34.4 Å². The van der Waals surface area contributed by atoms with E-state index in [1.807, 2.05) is 6.07 Å². The van der Waals surface area contributed by atoms with Crippen molar-refractivity contribution in [2.45, 2.75) is 50.2 Å². The summed E-state index contributed by atoms with van der Waals surface area (Å²) in [4.78, 5) is 29.1. The highest BCUT2D eigenvalue weighted by Gasteiger charge is 2.32. The van der Waals surface area contributed by atoms with Gasteiger partial charge in [0, 0.05) is 28.3 Å². The number of thiophene rings is 1. The molecule has 2 aliphatic rings. The lowest BCUT2D eigenvalue weighted by atomic mass is 9.83. The molecule has 5 rings (SSSR count). The topological polar surface area (TPSA) is 110 Å². The van der Waals surface area contributed by atoms with Crippen LogP contribution in [0, 0.1) is 5.82 Å². The number of methoxy groups -OCH3 is 1. The van der Waals surface area contributed by atoms with Gasteiger partial charge in [-0.15, -0.1) is 11.3 Å². The van der Waals surface area contributed by atoms with E-state index in [1.165, 1.54) is 29.1 Å². The summed E-state index contributed by atoms with van der Waals surface area (Å²) in [5.74, 6) is -0.467. The number of hydrogen-bond acceptors (Lipinski definition) is 6. The minimum atomic E-state index is -0.650. The first-order valence-electron chi connectivity index (χ1n) is 10.5. The van der Waals surface area contributed by atoms with Gasteiger partial charge in [0.1, 0.15) is 11.3 Å². The highest BCUT2D eigenvalue weighted by Crippen LogP contribution is 2.47. The number of nitrogens with two attached hydrogens (primary N) is 1. The van der Waals surface area contributed by atoms with E-state index in [1.54, 1.807) is 0 Å². The van der Waals surface area contributed by atoms with E-state index in [-0.39, 0.29) is 35.2 Å². The van der Waals surface area contributed by atoms with Crippen LogP contribution in [0.3, 0.4) is 0 Å². The first kappa shape index (κ1) is 20.4. The zero-order chi connectivity index (χ0) is 21.9. The molecule has 164 valence electrons. The van der Waals surface area contributed by atoms with Gasteiger partial charge in [0.2, 0.25) is 0 Å². The fourth-order valence-electron chi connectivity index (χ4n) is 4.74. The van der Waals surface area contributed by atoms with Crippen molar-refractivity contribution >= 4 is 22.2 Å². The Kier molecular flexibility index (Phi) is 4.99. The van der Waals surface area contributed by atoms with Gasteiger partial charge in [0.05, 0.1) is 24.2 Å². The number of H-pyrrole nitrogens is 1. The molecule has 2 atom stereocenters. The van der Waals surface area contributed by atoms with Crippen LogP contribution in [-0.2, 0) is 6.42 Å². The Balaban J connectivity index is 1.78. The Morgan fingerprint density at radius 2 is 2.13 bits per heavy atom. The molecule has 1 saturated carbocycles. The number of aromatic amines is 1. The Morgan fingerprint density at radius 1 is 1.35 bits per heavy atom. The number of halogens is 1. The lowest BCUT2D eigenvalue weighted by Crippen LogP contribution is -2.30. The maximum Gasteiger partial charge on any atom is 0.329 e. The van der Waals surface area contributed by atoms with Crippen LogP contribution >= 0.6 is 11.3 Å². The minimum absolute atomic E-state index is 0.0281. The molecule has 2 aliphatic carbocycles. The van der Waals surface area contributed by atoms with E-state index in [2.05, 4.69) is 4.98 Å². The first-order chi connectivity index (χ1) is 14.9. The fourth-order valence-corrected chi connectivity index (χ4v) is 6.06. The van der Waals surface area contributed by atoms with Gasteiger partial charge in [-0.25, -0.2) is 9.18 Å². The number of ether oxygens (including phenoxy) is 1. The minimum Gasteiger partial charge on any atom is -0.494 e. The molecule has 2 aromatic heterocycles. The van der Waals surface area contributed by atoms with Gasteiger partial charge in [0.15, 0.2) is 5.75 Å². The molecule has 0 saturated heterocycles. The van der Waals surface area contributed by atoms with Crippen molar-refractivity contribution in [2.75, 3.05) is 13.7 Å². The molecule has 0 bridgehead atoms. The van der Waals surface area contributed by atoms with Gasteiger partial charge in [-0.05, 0) is 49.8 Å². The van der Waals surface area contributed by atoms with Crippen molar-refractivity contribution in [3.8, 4) is 16.2 Å². The van der Waals surface area contributed by atoms with Crippen molar-refractivity contribution in [1.29, 1.82) is 0 Å². The largest absolute Gasteiger partial charge is 0.494 e. The molecule has 0 radical (unpaired) electrons. The Hall–Kier alpha value is -2.49. The fraction of sp³-hybridized carbons (Fsp3) is 0.455. The standard InChI is InChI=1S/C22H24FN3O4S/c1-30-20-18(17-8-12-11(15(27)9-24)3-2-4-16(12)31-17)14(23)7-13-19(20)26(10-5-6-10)22(29)25-21(13)28/h7-8,10-11,15,27H,2-6,9,24H2,1H3,(H,25,28,29). The maximum atomic E-state index is 15.4. The van der Waals surface area contributed by atoms with E-state index < -0.39 is 23.2 Å². The number of nitrogens with zero attached hydrogens (tertiary/aromatic N) is 1. The summed E-state index contributed by atoms with van der Waals surface area (Å²) in [5.41, 5.74) is 6.14. The van der Waals surface area contributed by atoms with E-state index in [0.717, 1.165) is 42.5 Å². The van der Waals surface area contributed by atoms with Crippen molar-refractivity contribution < 1.29 is 14.2 Å². The highest BCUT2D eigenvalue weighted by atomic mass is 32.1. The maximum absolute atomic E-state index is 15.4. The number of hydrogen-bond donors (Lipinski definition) is 3. The summed E-state index contributed by atoms with van der Waals surface area (Å²) >= 11 is 1.47. The van der Waals surface area contributed by atoms with E-state index >= 15 is 4.39 Å². The van der Waals surface area contributed by atoms with Crippen LogP contribution < -0.4 is 21.7 Å². The molecule has 9 heteroatoms. The third kappa shape index (κ3) is 3.22. The van der Waals surface area contributed by atoms with Gasteiger partial charge < -0.3 is 15.6 Å². The van der Waals surface area contributed by atoms with E-state index in [9.17, 15) is 14.7 Å². The van der Waals surface area contributed by atoms with Crippen molar-refractivity contribution in [3.05, 3.63) is 49.2 Å². The number of rotatable bonds is 5. The lowest BCUT2D eigenvalue weighted by Gasteiger charge is -2.26. The van der Waals surface area contributed by atoms with Crippen LogP contribution in [0.15, 0.2) is 21.7 Å². The second-order valence-electron chi connectivity index (χ2n) is 8.31. The van der Waals surface area contributed by atoms with Crippen LogP contribution in [0.25, 0.3) is 21.3 Å². The number of fused-ring (bicyclic) bond motifs is 2. The van der Waals surface area contributed by atoms with Crippen molar-refractivity contribution in [3.63, 3.8) is 0 Å². The van der Waals surface area contributed by atoms with Crippen LogP contribution in [0.2, 0.25) is 0 Å². The second-order valence-corrected chi connectivity index (χ2v) is 9.45. The molecule has 7 nitrogen and oxygen atoms in total.